The monoisotopic (exact) mass is 414 g/mol. The van der Waals surface area contributed by atoms with Crippen LogP contribution in [-0.4, -0.2) is 38.4 Å². The van der Waals surface area contributed by atoms with Crippen LogP contribution >= 0.6 is 23.4 Å². The lowest BCUT2D eigenvalue weighted by Gasteiger charge is -2.17. The maximum absolute atomic E-state index is 12.6. The first-order valence-corrected chi connectivity index (χ1v) is 10.3. The summed E-state index contributed by atoms with van der Waals surface area (Å²) in [5.41, 5.74) is 4.36. The molecule has 0 spiro atoms. The Morgan fingerprint density at radius 2 is 1.93 bits per heavy atom. The number of amides is 1. The molecule has 3 rings (SSSR count). The highest BCUT2D eigenvalue weighted by molar-refractivity contribution is 7.99. The van der Waals surface area contributed by atoms with Gasteiger partial charge in [0.05, 0.1) is 11.4 Å². The van der Waals surface area contributed by atoms with Gasteiger partial charge in [0.25, 0.3) is 0 Å². The van der Waals surface area contributed by atoms with Gasteiger partial charge in [-0.05, 0) is 55.7 Å². The largest absolute Gasteiger partial charge is 0.341 e. The molecule has 2 aromatic carbocycles. The van der Waals surface area contributed by atoms with Crippen LogP contribution in [0.15, 0.2) is 47.6 Å². The maximum Gasteiger partial charge on any atom is 0.233 e. The predicted molar refractivity (Wildman–Crippen MR) is 114 cm³/mol. The van der Waals surface area contributed by atoms with E-state index in [0.29, 0.717) is 17.3 Å². The lowest BCUT2D eigenvalue weighted by atomic mass is 10.1. The average Bonchev–Trinajstić information content (AvgIpc) is 3.02. The molecule has 0 aliphatic heterocycles. The van der Waals surface area contributed by atoms with E-state index in [2.05, 4.69) is 42.2 Å². The van der Waals surface area contributed by atoms with Crippen LogP contribution in [0, 0.1) is 20.8 Å². The smallest absolute Gasteiger partial charge is 0.233 e. The van der Waals surface area contributed by atoms with E-state index in [1.54, 1.807) is 11.9 Å². The molecule has 0 aliphatic rings. The topological polar surface area (TPSA) is 51.0 Å². The van der Waals surface area contributed by atoms with Gasteiger partial charge in [-0.2, -0.15) is 0 Å². The summed E-state index contributed by atoms with van der Waals surface area (Å²) in [7, 11) is 1.80. The quantitative estimate of drug-likeness (QED) is 0.553. The summed E-state index contributed by atoms with van der Waals surface area (Å²) in [6.45, 7) is 6.56. The van der Waals surface area contributed by atoms with Crippen molar-refractivity contribution in [2.45, 2.75) is 32.5 Å². The van der Waals surface area contributed by atoms with Gasteiger partial charge in [0.15, 0.2) is 5.16 Å². The van der Waals surface area contributed by atoms with Gasteiger partial charge in [-0.15, -0.1) is 10.2 Å². The highest BCUT2D eigenvalue weighted by Gasteiger charge is 2.17. The third-order valence-corrected chi connectivity index (χ3v) is 5.61. The average molecular weight is 415 g/mol. The predicted octanol–water partition coefficient (Wildman–Crippen LogP) is 4.60. The number of benzene rings is 2. The Hall–Kier alpha value is -2.31. The summed E-state index contributed by atoms with van der Waals surface area (Å²) in [5.74, 6) is 1.12. The van der Waals surface area contributed by atoms with Crippen LogP contribution in [0.4, 0.5) is 0 Å². The molecule has 0 bridgehead atoms. The van der Waals surface area contributed by atoms with Gasteiger partial charge in [0.2, 0.25) is 5.91 Å². The molecule has 0 saturated carbocycles. The SMILES string of the molecule is Cc1ccc(C)c(-n2c(C)nnc2SCC(=O)N(C)Cc2cccc(Cl)c2)c1. The van der Waals surface area contributed by atoms with Crippen LogP contribution in [0.3, 0.4) is 0 Å². The number of aromatic nitrogens is 3. The molecule has 0 radical (unpaired) electrons. The van der Waals surface area contributed by atoms with Crippen molar-refractivity contribution in [3.63, 3.8) is 0 Å². The molecule has 0 unspecified atom stereocenters. The highest BCUT2D eigenvalue weighted by Crippen LogP contribution is 2.25. The number of aryl methyl sites for hydroxylation is 3. The van der Waals surface area contributed by atoms with Gasteiger partial charge >= 0.3 is 0 Å². The van der Waals surface area contributed by atoms with Gasteiger partial charge in [0.1, 0.15) is 5.82 Å². The molecular formula is C21H23ClN4OS. The Labute approximate surface area is 174 Å². The summed E-state index contributed by atoms with van der Waals surface area (Å²) >= 11 is 7.42. The fraction of sp³-hybridized carbons (Fsp3) is 0.286. The minimum atomic E-state index is 0.0261. The molecule has 3 aromatic rings. The third-order valence-electron chi connectivity index (χ3n) is 4.46. The molecule has 0 aliphatic carbocycles. The lowest BCUT2D eigenvalue weighted by molar-refractivity contribution is -0.127. The summed E-state index contributed by atoms with van der Waals surface area (Å²) in [6, 6.07) is 13.8. The number of rotatable bonds is 6. The van der Waals surface area contributed by atoms with E-state index in [1.165, 1.54) is 17.3 Å². The molecule has 7 heteroatoms. The Kier molecular flexibility index (Phi) is 6.42. The number of carbonyl (C=O) groups excluding carboxylic acids is 1. The Balaban J connectivity index is 1.71. The molecule has 5 nitrogen and oxygen atoms in total. The maximum atomic E-state index is 12.6. The summed E-state index contributed by atoms with van der Waals surface area (Å²) in [5, 5.41) is 9.88. The van der Waals surface area contributed by atoms with Crippen LogP contribution in [0.1, 0.15) is 22.5 Å². The second kappa shape index (κ2) is 8.80. The molecule has 1 amide bonds. The number of halogens is 1. The van der Waals surface area contributed by atoms with Crippen molar-refractivity contribution < 1.29 is 4.79 Å². The number of carbonyl (C=O) groups is 1. The van der Waals surface area contributed by atoms with E-state index >= 15 is 0 Å². The van der Waals surface area contributed by atoms with Crippen molar-refractivity contribution in [2.24, 2.45) is 0 Å². The Bertz CT molecular complexity index is 1000. The van der Waals surface area contributed by atoms with Gasteiger partial charge < -0.3 is 4.90 Å². The van der Waals surface area contributed by atoms with Crippen LogP contribution in [0.25, 0.3) is 5.69 Å². The van der Waals surface area contributed by atoms with E-state index in [0.717, 1.165) is 27.8 Å². The van der Waals surface area contributed by atoms with Crippen molar-refractivity contribution in [2.75, 3.05) is 12.8 Å². The molecule has 0 saturated heterocycles. The summed E-state index contributed by atoms with van der Waals surface area (Å²) in [6.07, 6.45) is 0. The molecule has 146 valence electrons. The number of hydrogen-bond donors (Lipinski definition) is 0. The zero-order chi connectivity index (χ0) is 20.3. The van der Waals surface area contributed by atoms with Gasteiger partial charge in [-0.1, -0.05) is 47.6 Å². The van der Waals surface area contributed by atoms with Crippen LogP contribution in [0.2, 0.25) is 5.02 Å². The fourth-order valence-electron chi connectivity index (χ4n) is 2.91. The second-order valence-corrected chi connectivity index (χ2v) is 8.20. The number of thioether (sulfide) groups is 1. The van der Waals surface area contributed by atoms with E-state index in [1.807, 2.05) is 35.8 Å². The first-order valence-electron chi connectivity index (χ1n) is 8.96. The first-order chi connectivity index (χ1) is 13.3. The molecule has 0 atom stereocenters. The fourth-order valence-corrected chi connectivity index (χ4v) is 4.05. The molecule has 28 heavy (non-hydrogen) atoms. The normalized spacial score (nSPS) is 10.9. The summed E-state index contributed by atoms with van der Waals surface area (Å²) < 4.78 is 2.01. The van der Waals surface area contributed by atoms with Crippen molar-refractivity contribution in [1.82, 2.24) is 19.7 Å². The van der Waals surface area contributed by atoms with Gasteiger partial charge in [-0.3, -0.25) is 9.36 Å². The third kappa shape index (κ3) is 4.75. The first kappa shape index (κ1) is 20.4. The highest BCUT2D eigenvalue weighted by atomic mass is 35.5. The minimum absolute atomic E-state index is 0.0261. The number of nitrogens with zero attached hydrogens (tertiary/aromatic N) is 4. The number of hydrogen-bond acceptors (Lipinski definition) is 4. The van der Waals surface area contributed by atoms with Crippen LogP contribution < -0.4 is 0 Å². The zero-order valence-corrected chi connectivity index (χ0v) is 18.0. The van der Waals surface area contributed by atoms with Gasteiger partial charge in [0, 0.05) is 18.6 Å². The second-order valence-electron chi connectivity index (χ2n) is 6.82. The van der Waals surface area contributed by atoms with E-state index < -0.39 is 0 Å². The van der Waals surface area contributed by atoms with E-state index in [9.17, 15) is 4.79 Å². The Morgan fingerprint density at radius 3 is 2.68 bits per heavy atom. The van der Waals surface area contributed by atoms with E-state index in [4.69, 9.17) is 11.6 Å². The molecule has 0 N–H and O–H groups in total. The van der Waals surface area contributed by atoms with Crippen molar-refractivity contribution >= 4 is 29.3 Å². The van der Waals surface area contributed by atoms with Crippen LogP contribution in [0.5, 0.6) is 0 Å². The molecular weight excluding hydrogens is 392 g/mol. The lowest BCUT2D eigenvalue weighted by Crippen LogP contribution is -2.27. The van der Waals surface area contributed by atoms with Gasteiger partial charge in [-0.25, -0.2) is 0 Å². The minimum Gasteiger partial charge on any atom is -0.341 e. The molecule has 0 fully saturated rings. The Morgan fingerprint density at radius 1 is 1.14 bits per heavy atom. The molecule has 1 aromatic heterocycles. The van der Waals surface area contributed by atoms with E-state index in [-0.39, 0.29) is 5.91 Å². The zero-order valence-electron chi connectivity index (χ0n) is 16.4. The van der Waals surface area contributed by atoms with Crippen molar-refractivity contribution in [1.29, 1.82) is 0 Å². The summed E-state index contributed by atoms with van der Waals surface area (Å²) in [4.78, 5) is 14.3. The van der Waals surface area contributed by atoms with Crippen molar-refractivity contribution in [3.05, 3.63) is 70.0 Å². The standard InChI is InChI=1S/C21H23ClN4OS/c1-14-8-9-15(2)19(10-14)26-16(3)23-24-21(26)28-13-20(27)25(4)12-17-6-5-7-18(22)11-17/h5-11H,12-13H2,1-4H3. The van der Waals surface area contributed by atoms with Crippen LogP contribution in [-0.2, 0) is 11.3 Å². The van der Waals surface area contributed by atoms with Crippen molar-refractivity contribution in [3.8, 4) is 5.69 Å². The molecule has 1 heterocycles.